The third kappa shape index (κ3) is 5.36. The number of hydrogen-bond donors (Lipinski definition) is 0. The standard InChI is InChI=1S/C24H27ClF2N2O2/c1-28(24(30)21-12-18(26)5-7-23(21)27)14-16-10-20(11-16)31-19-6-4-17(22(25)13-19)15-29-8-2-3-9-29/h4-7,12-13,16,20H,2-3,8-11,14-15H2,1H3. The molecule has 1 aliphatic heterocycles. The molecule has 0 radical (unpaired) electrons. The highest BCUT2D eigenvalue weighted by molar-refractivity contribution is 6.31. The number of benzene rings is 2. The van der Waals surface area contributed by atoms with Crippen molar-refractivity contribution < 1.29 is 18.3 Å². The molecular weight excluding hydrogens is 422 g/mol. The molecular formula is C24H27ClF2N2O2. The van der Waals surface area contributed by atoms with Crippen molar-refractivity contribution in [3.8, 4) is 5.75 Å². The molecule has 1 aliphatic carbocycles. The Morgan fingerprint density at radius 1 is 1.16 bits per heavy atom. The summed E-state index contributed by atoms with van der Waals surface area (Å²) < 4.78 is 33.2. The van der Waals surface area contributed by atoms with Crippen LogP contribution in [0.3, 0.4) is 0 Å². The molecule has 4 nitrogen and oxygen atoms in total. The fraction of sp³-hybridized carbons (Fsp3) is 0.458. The predicted molar refractivity (Wildman–Crippen MR) is 116 cm³/mol. The number of likely N-dealkylation sites (tertiary alicyclic amines) is 1. The quantitative estimate of drug-likeness (QED) is 0.587. The number of carbonyl (C=O) groups excluding carboxylic acids is 1. The van der Waals surface area contributed by atoms with Crippen molar-refractivity contribution in [3.05, 3.63) is 64.2 Å². The van der Waals surface area contributed by atoms with E-state index in [-0.39, 0.29) is 17.6 Å². The van der Waals surface area contributed by atoms with Crippen LogP contribution in [0.1, 0.15) is 41.6 Å². The molecule has 0 bridgehead atoms. The van der Waals surface area contributed by atoms with Gasteiger partial charge in [-0.2, -0.15) is 0 Å². The highest BCUT2D eigenvalue weighted by atomic mass is 35.5. The van der Waals surface area contributed by atoms with Crippen LogP contribution in [-0.4, -0.2) is 48.5 Å². The van der Waals surface area contributed by atoms with Crippen LogP contribution in [0.25, 0.3) is 0 Å². The Hall–Kier alpha value is -2.18. The largest absolute Gasteiger partial charge is 0.490 e. The van der Waals surface area contributed by atoms with Gasteiger partial charge in [0.2, 0.25) is 0 Å². The first-order chi connectivity index (χ1) is 14.9. The summed E-state index contributed by atoms with van der Waals surface area (Å²) in [6.45, 7) is 3.60. The van der Waals surface area contributed by atoms with Gasteiger partial charge in [0, 0.05) is 25.2 Å². The average molecular weight is 449 g/mol. The summed E-state index contributed by atoms with van der Waals surface area (Å²) in [7, 11) is 1.61. The van der Waals surface area contributed by atoms with E-state index in [1.54, 1.807) is 7.05 Å². The zero-order valence-corrected chi connectivity index (χ0v) is 18.4. The van der Waals surface area contributed by atoms with E-state index in [1.807, 2.05) is 18.2 Å². The lowest BCUT2D eigenvalue weighted by molar-refractivity contribution is 0.0417. The van der Waals surface area contributed by atoms with Gasteiger partial charge in [0.15, 0.2) is 0 Å². The molecule has 1 saturated carbocycles. The Morgan fingerprint density at radius 2 is 1.90 bits per heavy atom. The first-order valence-corrected chi connectivity index (χ1v) is 11.1. The molecule has 0 N–H and O–H groups in total. The molecule has 2 fully saturated rings. The van der Waals surface area contributed by atoms with E-state index >= 15 is 0 Å². The number of amides is 1. The Kier molecular flexibility index (Phi) is 6.77. The zero-order valence-electron chi connectivity index (χ0n) is 17.6. The molecule has 0 aromatic heterocycles. The number of nitrogens with zero attached hydrogens (tertiary/aromatic N) is 2. The molecule has 0 atom stereocenters. The van der Waals surface area contributed by atoms with E-state index in [0.29, 0.717) is 6.54 Å². The molecule has 2 aromatic rings. The molecule has 2 aromatic carbocycles. The first kappa shape index (κ1) is 22.0. The lowest BCUT2D eigenvalue weighted by atomic mass is 9.82. The summed E-state index contributed by atoms with van der Waals surface area (Å²) in [6.07, 6.45) is 4.17. The van der Waals surface area contributed by atoms with Crippen LogP contribution >= 0.6 is 11.6 Å². The van der Waals surface area contributed by atoms with Crippen molar-refractivity contribution in [1.29, 1.82) is 0 Å². The summed E-state index contributed by atoms with van der Waals surface area (Å²) in [5.74, 6) is -0.828. The Bertz CT molecular complexity index is 943. The van der Waals surface area contributed by atoms with E-state index in [0.717, 1.165) is 67.0 Å². The number of ether oxygens (including phenoxy) is 1. The van der Waals surface area contributed by atoms with Gasteiger partial charge in [-0.25, -0.2) is 8.78 Å². The van der Waals surface area contributed by atoms with E-state index < -0.39 is 17.5 Å². The lowest BCUT2D eigenvalue weighted by Gasteiger charge is -2.37. The second kappa shape index (κ2) is 9.53. The molecule has 1 saturated heterocycles. The summed E-state index contributed by atoms with van der Waals surface area (Å²) in [5, 5.41) is 0.725. The molecule has 31 heavy (non-hydrogen) atoms. The predicted octanol–water partition coefficient (Wildman–Crippen LogP) is 5.14. The molecule has 2 aliphatic rings. The minimum absolute atomic E-state index is 0.0694. The van der Waals surface area contributed by atoms with Gasteiger partial charge < -0.3 is 9.64 Å². The minimum atomic E-state index is -0.710. The van der Waals surface area contributed by atoms with Crippen LogP contribution in [0.15, 0.2) is 36.4 Å². The van der Waals surface area contributed by atoms with Crippen LogP contribution in [0.5, 0.6) is 5.75 Å². The molecule has 1 heterocycles. The first-order valence-electron chi connectivity index (χ1n) is 10.8. The fourth-order valence-corrected chi connectivity index (χ4v) is 4.59. The molecule has 7 heteroatoms. The summed E-state index contributed by atoms with van der Waals surface area (Å²) in [4.78, 5) is 16.3. The Labute approximate surface area is 186 Å². The maximum Gasteiger partial charge on any atom is 0.256 e. The van der Waals surface area contributed by atoms with Crippen LogP contribution in [-0.2, 0) is 6.54 Å². The second-order valence-electron chi connectivity index (χ2n) is 8.62. The molecule has 4 rings (SSSR count). The van der Waals surface area contributed by atoms with Crippen molar-refractivity contribution in [2.75, 3.05) is 26.7 Å². The monoisotopic (exact) mass is 448 g/mol. The van der Waals surface area contributed by atoms with Crippen LogP contribution in [0.4, 0.5) is 8.78 Å². The lowest BCUT2D eigenvalue weighted by Crippen LogP contribution is -2.42. The maximum atomic E-state index is 13.8. The summed E-state index contributed by atoms with van der Waals surface area (Å²) in [5.41, 5.74) is 0.880. The number of carbonyl (C=O) groups is 1. The Balaban J connectivity index is 1.25. The van der Waals surface area contributed by atoms with Gasteiger partial charge in [0.1, 0.15) is 17.4 Å². The van der Waals surface area contributed by atoms with Crippen molar-refractivity contribution >= 4 is 17.5 Å². The van der Waals surface area contributed by atoms with E-state index in [9.17, 15) is 13.6 Å². The molecule has 1 amide bonds. The third-order valence-electron chi connectivity index (χ3n) is 6.15. The van der Waals surface area contributed by atoms with Crippen molar-refractivity contribution in [2.45, 2.75) is 38.3 Å². The van der Waals surface area contributed by atoms with Crippen LogP contribution < -0.4 is 4.74 Å². The smallest absolute Gasteiger partial charge is 0.256 e. The van der Waals surface area contributed by atoms with Crippen molar-refractivity contribution in [3.63, 3.8) is 0 Å². The summed E-state index contributed by atoms with van der Waals surface area (Å²) in [6, 6.07) is 8.80. The van der Waals surface area contributed by atoms with Gasteiger partial charge >= 0.3 is 0 Å². The van der Waals surface area contributed by atoms with E-state index in [4.69, 9.17) is 16.3 Å². The summed E-state index contributed by atoms with van der Waals surface area (Å²) >= 11 is 6.46. The van der Waals surface area contributed by atoms with E-state index in [1.165, 1.54) is 17.7 Å². The number of rotatable bonds is 7. The fourth-order valence-electron chi connectivity index (χ4n) is 4.36. The SMILES string of the molecule is CN(CC1CC(Oc2ccc(CN3CCCC3)c(Cl)c2)C1)C(=O)c1cc(F)ccc1F. The number of hydrogen-bond acceptors (Lipinski definition) is 3. The topological polar surface area (TPSA) is 32.8 Å². The normalized spacial score (nSPS) is 21.0. The van der Waals surface area contributed by atoms with Crippen molar-refractivity contribution in [1.82, 2.24) is 9.80 Å². The third-order valence-corrected chi connectivity index (χ3v) is 6.50. The van der Waals surface area contributed by atoms with Gasteiger partial charge in [-0.05, 0) is 80.6 Å². The van der Waals surface area contributed by atoms with Gasteiger partial charge in [-0.15, -0.1) is 0 Å². The van der Waals surface area contributed by atoms with Crippen LogP contribution in [0.2, 0.25) is 5.02 Å². The molecule has 0 unspecified atom stereocenters. The van der Waals surface area contributed by atoms with Gasteiger partial charge in [0.05, 0.1) is 11.7 Å². The van der Waals surface area contributed by atoms with E-state index in [2.05, 4.69) is 4.90 Å². The van der Waals surface area contributed by atoms with Crippen molar-refractivity contribution in [2.24, 2.45) is 5.92 Å². The van der Waals surface area contributed by atoms with Gasteiger partial charge in [-0.1, -0.05) is 17.7 Å². The minimum Gasteiger partial charge on any atom is -0.490 e. The Morgan fingerprint density at radius 3 is 2.61 bits per heavy atom. The van der Waals surface area contributed by atoms with Gasteiger partial charge in [-0.3, -0.25) is 9.69 Å². The molecule has 0 spiro atoms. The average Bonchev–Trinajstić information content (AvgIpc) is 3.22. The highest BCUT2D eigenvalue weighted by Crippen LogP contribution is 2.34. The highest BCUT2D eigenvalue weighted by Gasteiger charge is 2.33. The maximum absolute atomic E-state index is 13.8. The van der Waals surface area contributed by atoms with Gasteiger partial charge in [0.25, 0.3) is 5.91 Å². The van der Waals surface area contributed by atoms with Crippen LogP contribution in [0, 0.1) is 17.6 Å². The number of halogens is 3. The zero-order chi connectivity index (χ0) is 22.0. The second-order valence-corrected chi connectivity index (χ2v) is 9.03. The molecule has 166 valence electrons.